The molecule has 30 atom stereocenters. The maximum absolute atomic E-state index is 13.3. The lowest BCUT2D eigenvalue weighted by atomic mass is 9.81. The number of rotatable bonds is 16. The molecular formula is C58H82Cl2O32. The number of aliphatic hydroxyl groups excluding tert-OH is 5. The summed E-state index contributed by atoms with van der Waals surface area (Å²) in [5.74, 6) is -8.41. The Bertz CT molecular complexity index is 2790. The Hall–Kier alpha value is -2.99. The summed E-state index contributed by atoms with van der Waals surface area (Å²) in [6.45, 7) is 12.7. The number of carbonyl (C=O) groups excluding carboxylic acids is 3. The van der Waals surface area contributed by atoms with Crippen LogP contribution in [0, 0.1) is 12.8 Å². The second-order valence-corrected chi connectivity index (χ2v) is 26.1. The van der Waals surface area contributed by atoms with Crippen molar-refractivity contribution in [3.63, 3.8) is 0 Å². The minimum Gasteiger partial charge on any atom is -0.505 e. The summed E-state index contributed by atoms with van der Waals surface area (Å²) in [5.41, 5.74) is -3.77. The van der Waals surface area contributed by atoms with E-state index in [1.54, 1.807) is 34.6 Å². The number of phenolic OH excluding ortho intramolecular Hbond substituents is 2. The van der Waals surface area contributed by atoms with Crippen LogP contribution >= 0.6 is 23.2 Å². The molecular weight excluding hydrogens is 1280 g/mol. The highest BCUT2D eigenvalue weighted by Gasteiger charge is 2.73. The van der Waals surface area contributed by atoms with Crippen LogP contribution in [0.4, 0.5) is 0 Å². The molecule has 10 heterocycles. The van der Waals surface area contributed by atoms with Crippen LogP contribution in [0.5, 0.6) is 11.5 Å². The maximum atomic E-state index is 13.3. The molecule has 1 unspecified atom stereocenters. The molecule has 520 valence electrons. The molecule has 10 aliphatic rings. The van der Waals surface area contributed by atoms with Gasteiger partial charge in [-0.15, -0.1) is 0 Å². The van der Waals surface area contributed by atoms with Crippen molar-refractivity contribution in [1.82, 2.24) is 0 Å². The quantitative estimate of drug-likeness (QED) is 0.0986. The molecule has 0 saturated carbocycles. The molecule has 10 saturated heterocycles. The van der Waals surface area contributed by atoms with Gasteiger partial charge in [0.2, 0.25) is 6.29 Å². The highest BCUT2D eigenvalue weighted by Crippen LogP contribution is 2.53. The summed E-state index contributed by atoms with van der Waals surface area (Å²) in [4.78, 5) is 39.4. The van der Waals surface area contributed by atoms with E-state index in [9.17, 15) is 55.2 Å². The summed E-state index contributed by atoms with van der Waals surface area (Å²) in [6, 6.07) is 0. The molecule has 1 aromatic rings. The van der Waals surface area contributed by atoms with Crippen molar-refractivity contribution in [2.45, 2.75) is 264 Å². The van der Waals surface area contributed by atoms with Gasteiger partial charge >= 0.3 is 17.9 Å². The summed E-state index contributed by atoms with van der Waals surface area (Å²) >= 11 is 12.1. The minimum atomic E-state index is -2.14. The third-order valence-electron chi connectivity index (χ3n) is 18.6. The maximum Gasteiger partial charge on any atom is 0.342 e. The Balaban J connectivity index is 0.706. The van der Waals surface area contributed by atoms with Gasteiger partial charge in [0, 0.05) is 27.1 Å². The summed E-state index contributed by atoms with van der Waals surface area (Å²) in [5, 5.41) is 90.0. The van der Waals surface area contributed by atoms with Gasteiger partial charge in [-0.05, 0) is 54.0 Å². The molecule has 8 N–H and O–H groups in total. The van der Waals surface area contributed by atoms with Crippen LogP contribution in [0.15, 0.2) is 0 Å². The van der Waals surface area contributed by atoms with Crippen molar-refractivity contribution in [2.24, 2.45) is 5.92 Å². The number of methoxy groups -OCH3 is 2. The van der Waals surface area contributed by atoms with Gasteiger partial charge in [0.05, 0.1) is 73.8 Å². The van der Waals surface area contributed by atoms with Gasteiger partial charge in [-0.1, -0.05) is 37.0 Å². The van der Waals surface area contributed by atoms with E-state index < -0.39 is 229 Å². The number of benzene rings is 1. The Labute approximate surface area is 537 Å². The van der Waals surface area contributed by atoms with Gasteiger partial charge in [-0.3, -0.25) is 9.59 Å². The number of carbonyl (C=O) groups is 3. The standard InChI is InChI=1S/C58H82Cl2O32/c1-19(2)50(69)84-46-45-30(89-58(90-45)49-48(76-18-77-49)57(71,24(7)61)25(8)88-58)17-75-54(46)86-53-39(67)38(66)44(29(80-53)15-72-10)85-52-40(68)43(28(73-11)16-74-52)82-32-14-55(9)47(23(6)79-32)91-56(92-55)13-27(63)42(22(5)87-56)81-31-12-26(62)41(21(4)78-31)83-51(70)33-20(3)34(59)37(65)35(60)36(33)64/h19,21-23,25-32,38-49,52-54,62-68,71H,12-18H2,1-11H3/t21-,22-,23-,25-,26-,27-,28+,29-,30+,31+,32+,38-,39+,40-,41-,42-,43+,44-,45-,46-,47-,48-,49-,52+,53+,54-,55-,56?,57+,58-/m1/s1. The van der Waals surface area contributed by atoms with Crippen LogP contribution < -0.4 is 0 Å². The predicted molar refractivity (Wildman–Crippen MR) is 298 cm³/mol. The first kappa shape index (κ1) is 70.3. The summed E-state index contributed by atoms with van der Waals surface area (Å²) in [7, 11) is 2.73. The molecule has 32 nitrogen and oxygen atoms in total. The zero-order valence-electron chi connectivity index (χ0n) is 52.2. The topological polar surface area (TPSA) is 407 Å². The van der Waals surface area contributed by atoms with E-state index in [1.807, 2.05) is 0 Å². The number of aliphatic hydroxyl groups is 6. The Morgan fingerprint density at radius 2 is 1.36 bits per heavy atom. The zero-order chi connectivity index (χ0) is 66.6. The monoisotopic (exact) mass is 1360 g/mol. The number of halogens is 2. The second kappa shape index (κ2) is 27.0. The number of fused-ring (bicyclic) bond motifs is 4. The molecule has 0 bridgehead atoms. The van der Waals surface area contributed by atoms with Gasteiger partial charge in [-0.25, -0.2) is 4.79 Å². The third kappa shape index (κ3) is 12.7. The normalized spacial score (nSPS) is 47.7. The van der Waals surface area contributed by atoms with Gasteiger partial charge in [-0.2, -0.15) is 0 Å². The molecule has 10 fully saturated rings. The first-order valence-electron chi connectivity index (χ1n) is 30.5. The molecule has 0 aliphatic carbocycles. The Kier molecular flexibility index (Phi) is 20.7. The molecule has 0 radical (unpaired) electrons. The second-order valence-electron chi connectivity index (χ2n) is 25.4. The van der Waals surface area contributed by atoms with Crippen LogP contribution in [-0.4, -0.2) is 282 Å². The number of hydrogen-bond acceptors (Lipinski definition) is 32. The zero-order valence-corrected chi connectivity index (χ0v) is 53.7. The lowest BCUT2D eigenvalue weighted by Crippen LogP contribution is -2.72. The predicted octanol–water partition coefficient (Wildman–Crippen LogP) is -0.294. The summed E-state index contributed by atoms with van der Waals surface area (Å²) in [6.07, 6.45) is -33.9. The molecule has 10 aliphatic heterocycles. The SMILES string of the molecule is COC[C@H]1O[C@@H](O[C@H]2OC[C@@H]3O[C@]4(O[C@H]3[C@H]2OC(=O)C(C)C)O[C@H](C)[C@@](O)(C(C)=O)[C@@H]2OCO[C@H]24)[C@@H](O)[C@@H](O)[C@@H]1O[C@@H]1OC[C@H](OC)[C@H](O[C@H]2C[C@@]3(C)OC4(C[C@@H](O)[C@H](O[C@H]5C[C@@H](O)[C@H](OC(=O)c6c(C)c(Cl)c(O)c(Cl)c6O)[C@@H](C)O5)[C@@H](C)O4)O[C@@H]3[C@@H](C)O2)[C@H]1O. The van der Waals surface area contributed by atoms with Crippen LogP contribution in [0.1, 0.15) is 90.6 Å². The van der Waals surface area contributed by atoms with E-state index in [1.165, 1.54) is 41.9 Å². The summed E-state index contributed by atoms with van der Waals surface area (Å²) < 4.78 is 128. The smallest absolute Gasteiger partial charge is 0.342 e. The fraction of sp³-hybridized carbons (Fsp3) is 0.845. The lowest BCUT2D eigenvalue weighted by molar-refractivity contribution is -0.428. The number of esters is 2. The average molecular weight is 1360 g/mol. The largest absolute Gasteiger partial charge is 0.505 e. The van der Waals surface area contributed by atoms with Crippen molar-refractivity contribution < 1.29 is 155 Å². The van der Waals surface area contributed by atoms with Gasteiger partial charge < -0.3 is 140 Å². The Morgan fingerprint density at radius 3 is 2.03 bits per heavy atom. The van der Waals surface area contributed by atoms with E-state index in [-0.39, 0.29) is 56.5 Å². The van der Waals surface area contributed by atoms with E-state index in [0.29, 0.717) is 0 Å². The highest BCUT2D eigenvalue weighted by atomic mass is 35.5. The van der Waals surface area contributed by atoms with E-state index in [0.717, 1.165) is 0 Å². The fourth-order valence-corrected chi connectivity index (χ4v) is 14.2. The number of Topliss-reactive ketones (excluding diaryl/α,β-unsaturated/α-hetero) is 1. The van der Waals surface area contributed by atoms with Crippen molar-refractivity contribution >= 4 is 40.9 Å². The average Bonchev–Trinajstić information content (AvgIpc) is 1.53. The van der Waals surface area contributed by atoms with E-state index in [2.05, 4.69) is 0 Å². The molecule has 11 rings (SSSR count). The molecule has 92 heavy (non-hydrogen) atoms. The molecule has 0 aromatic heterocycles. The van der Waals surface area contributed by atoms with Crippen molar-refractivity contribution in [3.8, 4) is 11.5 Å². The molecule has 2 spiro atoms. The van der Waals surface area contributed by atoms with Gasteiger partial charge in [0.15, 0.2) is 66.4 Å². The number of aromatic hydroxyl groups is 2. The van der Waals surface area contributed by atoms with Gasteiger partial charge in [0.25, 0.3) is 5.97 Å². The highest BCUT2D eigenvalue weighted by molar-refractivity contribution is 6.39. The van der Waals surface area contributed by atoms with Crippen LogP contribution in [-0.2, 0) is 109 Å². The van der Waals surface area contributed by atoms with Crippen LogP contribution in [0.2, 0.25) is 10.0 Å². The number of ketones is 1. The number of phenols is 2. The van der Waals surface area contributed by atoms with Crippen LogP contribution in [0.25, 0.3) is 0 Å². The van der Waals surface area contributed by atoms with E-state index >= 15 is 0 Å². The molecule has 1 aromatic carbocycles. The lowest BCUT2D eigenvalue weighted by Gasteiger charge is -2.49. The van der Waals surface area contributed by atoms with Crippen molar-refractivity contribution in [1.29, 1.82) is 0 Å². The molecule has 0 amide bonds. The number of hydrogen-bond donors (Lipinski definition) is 8. The van der Waals surface area contributed by atoms with Crippen LogP contribution in [0.3, 0.4) is 0 Å². The number of ether oxygens (including phenoxy) is 21. The fourth-order valence-electron chi connectivity index (χ4n) is 13.8. The minimum absolute atomic E-state index is 0.00970. The molecule has 34 heteroatoms. The first-order chi connectivity index (χ1) is 43.4. The van der Waals surface area contributed by atoms with E-state index in [4.69, 9.17) is 123 Å². The third-order valence-corrected chi connectivity index (χ3v) is 19.5. The van der Waals surface area contributed by atoms with Crippen molar-refractivity contribution in [3.05, 3.63) is 21.2 Å². The Morgan fingerprint density at radius 1 is 0.663 bits per heavy atom. The van der Waals surface area contributed by atoms with Crippen molar-refractivity contribution in [2.75, 3.05) is 40.8 Å². The van der Waals surface area contributed by atoms with Gasteiger partial charge in [0.1, 0.15) is 96.2 Å². The first-order valence-corrected chi connectivity index (χ1v) is 31.2.